The van der Waals surface area contributed by atoms with E-state index in [1.807, 2.05) is 6.92 Å². The lowest BCUT2D eigenvalue weighted by Gasteiger charge is -2.42. The molecule has 2 aliphatic heterocycles. The number of ether oxygens (including phenoxy) is 1. The van der Waals surface area contributed by atoms with E-state index in [1.165, 1.54) is 6.20 Å². The number of hydrogen-bond donors (Lipinski definition) is 0. The number of likely N-dealkylation sites (tertiary alicyclic amines) is 1. The molecule has 2 fully saturated rings. The average molecular weight is 318 g/mol. The molecular weight excluding hydrogens is 296 g/mol. The van der Waals surface area contributed by atoms with Crippen LogP contribution in [0.3, 0.4) is 0 Å². The smallest absolute Gasteiger partial charge is 0.274 e. The van der Waals surface area contributed by atoms with Gasteiger partial charge in [-0.15, -0.1) is 0 Å². The van der Waals surface area contributed by atoms with E-state index in [2.05, 4.69) is 9.97 Å². The Bertz CT molecular complexity index is 604. The largest absolute Gasteiger partial charge is 0.361 e. The molecule has 2 aliphatic rings. The Balaban J connectivity index is 1.81. The second-order valence-electron chi connectivity index (χ2n) is 6.30. The molecule has 1 spiro atoms. The highest BCUT2D eigenvalue weighted by Gasteiger charge is 2.47. The monoisotopic (exact) mass is 318 g/mol. The molecule has 1 aromatic heterocycles. The van der Waals surface area contributed by atoms with Crippen LogP contribution in [0.4, 0.5) is 0 Å². The van der Waals surface area contributed by atoms with Crippen molar-refractivity contribution in [2.75, 3.05) is 33.3 Å². The molecule has 0 bridgehead atoms. The van der Waals surface area contributed by atoms with Crippen molar-refractivity contribution in [1.82, 2.24) is 19.8 Å². The van der Waals surface area contributed by atoms with Gasteiger partial charge in [0.25, 0.3) is 11.8 Å². The Morgan fingerprint density at radius 3 is 2.83 bits per heavy atom. The van der Waals surface area contributed by atoms with Gasteiger partial charge in [-0.25, -0.2) is 4.98 Å². The number of amides is 2. The summed E-state index contributed by atoms with van der Waals surface area (Å²) in [6.45, 7) is 3.68. The number of carbonyl (C=O) groups is 2. The van der Waals surface area contributed by atoms with Crippen LogP contribution in [-0.2, 0) is 9.53 Å². The Morgan fingerprint density at radius 1 is 1.26 bits per heavy atom. The van der Waals surface area contributed by atoms with E-state index >= 15 is 0 Å². The van der Waals surface area contributed by atoms with Gasteiger partial charge >= 0.3 is 0 Å². The molecule has 3 heterocycles. The second-order valence-corrected chi connectivity index (χ2v) is 6.30. The second kappa shape index (κ2) is 6.23. The predicted molar refractivity (Wildman–Crippen MR) is 82.8 cm³/mol. The molecule has 23 heavy (non-hydrogen) atoms. The molecule has 1 aromatic rings. The van der Waals surface area contributed by atoms with Crippen molar-refractivity contribution in [3.8, 4) is 0 Å². The maximum absolute atomic E-state index is 12.7. The number of morpholine rings is 1. The van der Waals surface area contributed by atoms with Crippen molar-refractivity contribution in [2.45, 2.75) is 31.8 Å². The average Bonchev–Trinajstić information content (AvgIpc) is 2.69. The molecule has 0 radical (unpaired) electrons. The van der Waals surface area contributed by atoms with Crippen molar-refractivity contribution < 1.29 is 14.3 Å². The minimum absolute atomic E-state index is 0.0255. The Kier molecular flexibility index (Phi) is 4.30. The summed E-state index contributed by atoms with van der Waals surface area (Å²) < 4.78 is 5.88. The van der Waals surface area contributed by atoms with E-state index in [9.17, 15) is 9.59 Å². The Morgan fingerprint density at radius 2 is 2.09 bits per heavy atom. The number of aryl methyl sites for hydroxylation is 1. The maximum atomic E-state index is 12.7. The molecule has 2 amide bonds. The third-order valence-electron chi connectivity index (χ3n) is 4.53. The molecule has 0 aliphatic carbocycles. The van der Waals surface area contributed by atoms with E-state index in [-0.39, 0.29) is 18.4 Å². The highest BCUT2D eigenvalue weighted by atomic mass is 16.5. The van der Waals surface area contributed by atoms with Gasteiger partial charge in [-0.1, -0.05) is 0 Å². The van der Waals surface area contributed by atoms with Gasteiger partial charge in [-0.2, -0.15) is 0 Å². The van der Waals surface area contributed by atoms with Crippen LogP contribution in [0.1, 0.15) is 35.4 Å². The number of aromatic nitrogens is 2. The summed E-state index contributed by atoms with van der Waals surface area (Å²) in [7, 11) is 1.80. The number of carbonyl (C=O) groups excluding carboxylic acids is 2. The van der Waals surface area contributed by atoms with Crippen LogP contribution in [0.25, 0.3) is 0 Å². The zero-order chi connectivity index (χ0) is 16.4. The summed E-state index contributed by atoms with van der Waals surface area (Å²) in [6.07, 6.45) is 5.60. The molecular formula is C16H22N4O3. The van der Waals surface area contributed by atoms with Gasteiger partial charge in [0.05, 0.1) is 25.0 Å². The van der Waals surface area contributed by atoms with Crippen LogP contribution in [0, 0.1) is 6.92 Å². The third-order valence-corrected chi connectivity index (χ3v) is 4.53. The lowest BCUT2D eigenvalue weighted by atomic mass is 9.94. The van der Waals surface area contributed by atoms with Crippen LogP contribution in [-0.4, -0.2) is 70.5 Å². The third kappa shape index (κ3) is 3.06. The van der Waals surface area contributed by atoms with E-state index in [0.29, 0.717) is 25.3 Å². The van der Waals surface area contributed by atoms with E-state index in [4.69, 9.17) is 4.74 Å². The fourth-order valence-corrected chi connectivity index (χ4v) is 3.22. The summed E-state index contributed by atoms with van der Waals surface area (Å²) in [5.41, 5.74) is 0.166. The Hall–Kier alpha value is -2.02. The topological polar surface area (TPSA) is 75.6 Å². The molecule has 3 rings (SSSR count). The number of nitrogens with zero attached hydrogens (tertiary/aromatic N) is 4. The predicted octanol–water partition coefficient (Wildman–Crippen LogP) is 0.639. The fourth-order valence-electron chi connectivity index (χ4n) is 3.22. The van der Waals surface area contributed by atoms with Crippen molar-refractivity contribution in [2.24, 2.45) is 0 Å². The normalized spacial score (nSPS) is 25.6. The summed E-state index contributed by atoms with van der Waals surface area (Å²) in [6, 6.07) is 0. The van der Waals surface area contributed by atoms with Crippen LogP contribution in [0.5, 0.6) is 0 Å². The summed E-state index contributed by atoms with van der Waals surface area (Å²) in [4.78, 5) is 37.0. The van der Waals surface area contributed by atoms with Crippen LogP contribution < -0.4 is 0 Å². The number of rotatable bonds is 1. The molecule has 124 valence electrons. The minimum Gasteiger partial charge on any atom is -0.361 e. The molecule has 7 heteroatoms. The molecule has 2 saturated heterocycles. The highest BCUT2D eigenvalue weighted by Crippen LogP contribution is 2.29. The van der Waals surface area contributed by atoms with Gasteiger partial charge in [0, 0.05) is 26.3 Å². The first-order valence-corrected chi connectivity index (χ1v) is 7.99. The lowest BCUT2D eigenvalue weighted by Crippen LogP contribution is -2.60. The van der Waals surface area contributed by atoms with Gasteiger partial charge in [0.1, 0.15) is 5.69 Å². The molecule has 0 N–H and O–H groups in total. The first kappa shape index (κ1) is 15.9. The molecule has 1 atom stereocenters. The van der Waals surface area contributed by atoms with Gasteiger partial charge < -0.3 is 14.5 Å². The van der Waals surface area contributed by atoms with Gasteiger partial charge in [0.15, 0.2) is 5.60 Å². The van der Waals surface area contributed by atoms with Crippen molar-refractivity contribution >= 4 is 11.8 Å². The van der Waals surface area contributed by atoms with E-state index in [1.54, 1.807) is 23.0 Å². The maximum Gasteiger partial charge on any atom is 0.274 e. The fraction of sp³-hybridized carbons (Fsp3) is 0.625. The SMILES string of the molecule is Cc1cnc(C(=O)N2CCOC3(CCCCN(C)C3=O)C2)cn1. The first-order valence-electron chi connectivity index (χ1n) is 7.99. The van der Waals surface area contributed by atoms with E-state index < -0.39 is 5.60 Å². The summed E-state index contributed by atoms with van der Waals surface area (Å²) >= 11 is 0. The van der Waals surface area contributed by atoms with Gasteiger partial charge in [-0.05, 0) is 26.2 Å². The highest BCUT2D eigenvalue weighted by molar-refractivity contribution is 5.93. The zero-order valence-electron chi connectivity index (χ0n) is 13.6. The van der Waals surface area contributed by atoms with Gasteiger partial charge in [-0.3, -0.25) is 14.6 Å². The zero-order valence-corrected chi connectivity index (χ0v) is 13.6. The van der Waals surface area contributed by atoms with Crippen molar-refractivity contribution in [1.29, 1.82) is 0 Å². The van der Waals surface area contributed by atoms with Crippen molar-refractivity contribution in [3.05, 3.63) is 23.8 Å². The summed E-state index contributed by atoms with van der Waals surface area (Å²) in [5, 5.41) is 0. The first-order chi connectivity index (χ1) is 11.0. The molecule has 0 saturated carbocycles. The van der Waals surface area contributed by atoms with Crippen LogP contribution in [0.15, 0.2) is 12.4 Å². The van der Waals surface area contributed by atoms with Crippen molar-refractivity contribution in [3.63, 3.8) is 0 Å². The standard InChI is InChI=1S/C16H22N4O3/c1-12-9-18-13(10-17-12)14(21)20-7-8-23-16(11-20)5-3-4-6-19(2)15(16)22/h9-10H,3-8,11H2,1-2H3. The number of likely N-dealkylation sites (N-methyl/N-ethyl adjacent to an activating group) is 1. The number of hydrogen-bond acceptors (Lipinski definition) is 5. The quantitative estimate of drug-likeness (QED) is 0.759. The van der Waals surface area contributed by atoms with Crippen LogP contribution in [0.2, 0.25) is 0 Å². The molecule has 0 aromatic carbocycles. The minimum atomic E-state index is -0.905. The van der Waals surface area contributed by atoms with Crippen LogP contribution >= 0.6 is 0 Å². The molecule has 1 unspecified atom stereocenters. The lowest BCUT2D eigenvalue weighted by molar-refractivity contribution is -0.166. The molecule has 7 nitrogen and oxygen atoms in total. The Labute approximate surface area is 135 Å². The summed E-state index contributed by atoms with van der Waals surface area (Å²) in [5.74, 6) is -0.220. The van der Waals surface area contributed by atoms with Gasteiger partial charge in [0.2, 0.25) is 0 Å². The van der Waals surface area contributed by atoms with E-state index in [0.717, 1.165) is 25.1 Å².